The lowest BCUT2D eigenvalue weighted by molar-refractivity contribution is -0.122. The highest BCUT2D eigenvalue weighted by molar-refractivity contribution is 7.71. The van der Waals surface area contributed by atoms with Crippen molar-refractivity contribution in [3.8, 4) is 5.69 Å². The van der Waals surface area contributed by atoms with Gasteiger partial charge in [-0.05, 0) is 67.2 Å². The number of aryl methyl sites for hydroxylation is 2. The minimum Gasteiger partial charge on any atom is -0.355 e. The fraction of sp³-hybridized carbons (Fsp3) is 0.500. The maximum Gasteiger partial charge on any atom is 0.234 e. The van der Waals surface area contributed by atoms with Gasteiger partial charge in [-0.25, -0.2) is 4.68 Å². The number of hydrogen-bond acceptors (Lipinski definition) is 5. The monoisotopic (exact) mass is 348 g/mol. The average molecular weight is 348 g/mol. The van der Waals surface area contributed by atoms with Crippen molar-refractivity contribution < 1.29 is 4.79 Å². The van der Waals surface area contributed by atoms with Gasteiger partial charge in [0, 0.05) is 6.54 Å². The number of nitrogens with one attached hydrogen (secondary N) is 1. The predicted molar refractivity (Wildman–Crippen MR) is 95.6 cm³/mol. The molecule has 1 amide bonds. The van der Waals surface area contributed by atoms with Crippen LogP contribution in [0.15, 0.2) is 18.2 Å². The van der Waals surface area contributed by atoms with Crippen LogP contribution in [-0.2, 0) is 11.5 Å². The highest BCUT2D eigenvalue weighted by atomic mass is 32.1. The number of rotatable bonds is 7. The molecule has 0 unspecified atom stereocenters. The normalized spacial score (nSPS) is 11.0. The first-order valence-electron chi connectivity index (χ1n) is 7.98. The van der Waals surface area contributed by atoms with Crippen LogP contribution in [0.1, 0.15) is 24.5 Å². The number of tetrazole rings is 1. The van der Waals surface area contributed by atoms with Gasteiger partial charge in [-0.1, -0.05) is 19.1 Å². The molecule has 0 saturated heterocycles. The second-order valence-corrected chi connectivity index (χ2v) is 6.33. The molecule has 0 fully saturated rings. The summed E-state index contributed by atoms with van der Waals surface area (Å²) in [5.41, 5.74) is 3.14. The maximum absolute atomic E-state index is 11.8. The molecule has 0 saturated carbocycles. The molecule has 0 bridgehead atoms. The van der Waals surface area contributed by atoms with Crippen molar-refractivity contribution in [3.05, 3.63) is 34.1 Å². The summed E-state index contributed by atoms with van der Waals surface area (Å²) in [5.74, 6) is -0.00668. The number of carbonyl (C=O) groups excluding carboxylic acids is 1. The Labute approximate surface area is 147 Å². The molecule has 24 heavy (non-hydrogen) atoms. The molecule has 2 rings (SSSR count). The molecule has 7 nitrogen and oxygen atoms in total. The lowest BCUT2D eigenvalue weighted by Crippen LogP contribution is -2.36. The molecule has 0 aliphatic carbocycles. The molecule has 1 aromatic heterocycles. The van der Waals surface area contributed by atoms with Crippen LogP contribution in [0, 0.1) is 18.6 Å². The third-order valence-electron chi connectivity index (χ3n) is 3.59. The van der Waals surface area contributed by atoms with Crippen LogP contribution in [-0.4, -0.2) is 50.7 Å². The number of hydrogen-bond donors (Lipinski definition) is 1. The Kier molecular flexibility index (Phi) is 6.22. The van der Waals surface area contributed by atoms with Crippen molar-refractivity contribution in [2.75, 3.05) is 20.1 Å². The molecule has 0 radical (unpaired) electrons. The summed E-state index contributed by atoms with van der Waals surface area (Å²) in [6.45, 7) is 7.45. The Hall–Kier alpha value is -2.06. The molecule has 0 spiro atoms. The Balaban J connectivity index is 2.11. The second-order valence-electron chi connectivity index (χ2n) is 5.97. The Bertz CT molecular complexity index is 766. The summed E-state index contributed by atoms with van der Waals surface area (Å²) < 4.78 is 3.77. The van der Waals surface area contributed by atoms with E-state index >= 15 is 0 Å². The Morgan fingerprint density at radius 1 is 1.33 bits per heavy atom. The van der Waals surface area contributed by atoms with Crippen LogP contribution in [0.2, 0.25) is 0 Å². The molecular weight excluding hydrogens is 324 g/mol. The first kappa shape index (κ1) is 18.3. The smallest absolute Gasteiger partial charge is 0.234 e. The zero-order chi connectivity index (χ0) is 17.7. The lowest BCUT2D eigenvalue weighted by atomic mass is 10.1. The van der Waals surface area contributed by atoms with Gasteiger partial charge in [-0.15, -0.1) is 0 Å². The molecule has 1 aromatic carbocycles. The van der Waals surface area contributed by atoms with E-state index < -0.39 is 0 Å². The van der Waals surface area contributed by atoms with E-state index in [4.69, 9.17) is 12.2 Å². The van der Waals surface area contributed by atoms with E-state index in [1.54, 1.807) is 9.36 Å². The van der Waals surface area contributed by atoms with Crippen LogP contribution >= 0.6 is 12.2 Å². The number of aromatic nitrogens is 4. The fourth-order valence-electron chi connectivity index (χ4n) is 2.31. The summed E-state index contributed by atoms with van der Waals surface area (Å²) in [7, 11) is 1.85. The van der Waals surface area contributed by atoms with Gasteiger partial charge >= 0.3 is 0 Å². The van der Waals surface area contributed by atoms with Crippen LogP contribution in [0.5, 0.6) is 0 Å². The lowest BCUT2D eigenvalue weighted by Gasteiger charge is -2.15. The molecule has 8 heteroatoms. The molecule has 1 N–H and O–H groups in total. The number of benzene rings is 1. The van der Waals surface area contributed by atoms with Crippen molar-refractivity contribution in [1.82, 2.24) is 30.0 Å². The van der Waals surface area contributed by atoms with Gasteiger partial charge in [0.25, 0.3) is 0 Å². The minimum atomic E-state index is -0.00668. The van der Waals surface area contributed by atoms with Gasteiger partial charge in [-0.3, -0.25) is 9.69 Å². The SMILES string of the molecule is CCCNC(=O)CN(C)Cn1nnn(-c2cc(C)ccc2C)c1=S. The van der Waals surface area contributed by atoms with Crippen LogP contribution in [0.3, 0.4) is 0 Å². The number of likely N-dealkylation sites (N-methyl/N-ethyl adjacent to an activating group) is 1. The van der Waals surface area contributed by atoms with Gasteiger partial charge < -0.3 is 5.32 Å². The molecular formula is C16H24N6OS. The largest absolute Gasteiger partial charge is 0.355 e. The van der Waals surface area contributed by atoms with E-state index in [2.05, 4.69) is 21.8 Å². The summed E-state index contributed by atoms with van der Waals surface area (Å²) in [6, 6.07) is 6.12. The van der Waals surface area contributed by atoms with E-state index in [1.807, 2.05) is 44.9 Å². The Morgan fingerprint density at radius 2 is 2.08 bits per heavy atom. The van der Waals surface area contributed by atoms with Crippen molar-refractivity contribution in [2.24, 2.45) is 0 Å². The number of amides is 1. The quantitative estimate of drug-likeness (QED) is 0.773. The van der Waals surface area contributed by atoms with Gasteiger partial charge in [-0.2, -0.15) is 4.68 Å². The van der Waals surface area contributed by atoms with Gasteiger partial charge in [0.05, 0.1) is 18.9 Å². The number of nitrogens with zero attached hydrogens (tertiary/aromatic N) is 5. The topological polar surface area (TPSA) is 68.0 Å². The highest BCUT2D eigenvalue weighted by Crippen LogP contribution is 2.15. The van der Waals surface area contributed by atoms with E-state index in [0.29, 0.717) is 18.0 Å². The zero-order valence-corrected chi connectivity index (χ0v) is 15.4. The van der Waals surface area contributed by atoms with E-state index in [1.165, 1.54) is 0 Å². The average Bonchev–Trinajstić information content (AvgIpc) is 2.88. The summed E-state index contributed by atoms with van der Waals surface area (Å²) >= 11 is 5.49. The molecule has 130 valence electrons. The van der Waals surface area contributed by atoms with E-state index in [9.17, 15) is 4.79 Å². The molecule has 0 aliphatic rings. The van der Waals surface area contributed by atoms with Crippen LogP contribution in [0.4, 0.5) is 0 Å². The predicted octanol–water partition coefficient (Wildman–Crippen LogP) is 1.83. The second kappa shape index (κ2) is 8.16. The first-order chi connectivity index (χ1) is 11.4. The van der Waals surface area contributed by atoms with Crippen LogP contribution in [0.25, 0.3) is 5.69 Å². The Morgan fingerprint density at radius 3 is 2.79 bits per heavy atom. The maximum atomic E-state index is 11.8. The van der Waals surface area contributed by atoms with Crippen LogP contribution < -0.4 is 5.32 Å². The standard InChI is InChI=1S/C16H24N6OS/c1-5-8-17-15(23)10-20(4)11-21-16(24)22(19-18-21)14-9-12(2)6-7-13(14)3/h6-7,9H,5,8,10-11H2,1-4H3,(H,17,23). The van der Waals surface area contributed by atoms with Crippen molar-refractivity contribution >= 4 is 18.1 Å². The van der Waals surface area contributed by atoms with Crippen molar-refractivity contribution in [3.63, 3.8) is 0 Å². The summed E-state index contributed by atoms with van der Waals surface area (Å²) in [5, 5.41) is 11.1. The zero-order valence-electron chi connectivity index (χ0n) is 14.6. The van der Waals surface area contributed by atoms with Crippen molar-refractivity contribution in [2.45, 2.75) is 33.9 Å². The number of carbonyl (C=O) groups is 1. The minimum absolute atomic E-state index is 0.00668. The van der Waals surface area contributed by atoms with E-state index in [-0.39, 0.29) is 12.5 Å². The highest BCUT2D eigenvalue weighted by Gasteiger charge is 2.11. The summed E-state index contributed by atoms with van der Waals surface area (Å²) in [4.78, 5) is 13.6. The third-order valence-corrected chi connectivity index (χ3v) is 3.98. The fourth-order valence-corrected chi connectivity index (χ4v) is 2.54. The van der Waals surface area contributed by atoms with E-state index in [0.717, 1.165) is 23.2 Å². The molecule has 1 heterocycles. The van der Waals surface area contributed by atoms with Gasteiger partial charge in [0.2, 0.25) is 10.7 Å². The van der Waals surface area contributed by atoms with Crippen molar-refractivity contribution in [1.29, 1.82) is 0 Å². The first-order valence-corrected chi connectivity index (χ1v) is 8.39. The van der Waals surface area contributed by atoms with Gasteiger partial charge in [0.15, 0.2) is 0 Å². The molecule has 2 aromatic rings. The third kappa shape index (κ3) is 4.48. The molecule has 0 aliphatic heterocycles. The van der Waals surface area contributed by atoms with Gasteiger partial charge in [0.1, 0.15) is 0 Å². The summed E-state index contributed by atoms with van der Waals surface area (Å²) in [6.07, 6.45) is 0.921. The molecule has 0 atom stereocenters.